The maximum Gasteiger partial charge on any atom is 0.146 e. The van der Waals surface area contributed by atoms with Gasteiger partial charge in [0.15, 0.2) is 0 Å². The first kappa shape index (κ1) is 8.49. The Balaban J connectivity index is 2.63. The van der Waals surface area contributed by atoms with Crippen LogP contribution >= 0.6 is 22.9 Å². The van der Waals surface area contributed by atoms with E-state index in [1.165, 1.54) is 11.3 Å². The number of nitriles is 1. The number of thiophene rings is 1. The van der Waals surface area contributed by atoms with Crippen LogP contribution in [0.3, 0.4) is 0 Å². The highest BCUT2D eigenvalue weighted by atomic mass is 35.5. The maximum absolute atomic E-state index is 8.52. The van der Waals surface area contributed by atoms with Crippen LogP contribution in [0.15, 0.2) is 18.3 Å². The zero-order chi connectivity index (χ0) is 9.26. The molecule has 0 saturated heterocycles. The van der Waals surface area contributed by atoms with Gasteiger partial charge in [-0.3, -0.25) is 0 Å². The van der Waals surface area contributed by atoms with Gasteiger partial charge in [-0.1, -0.05) is 11.6 Å². The van der Waals surface area contributed by atoms with Crippen LogP contribution < -0.4 is 0 Å². The number of fused-ring (bicyclic) bond motifs is 1. The van der Waals surface area contributed by atoms with Gasteiger partial charge in [-0.2, -0.15) is 5.26 Å². The molecule has 0 aliphatic rings. The molecule has 0 atom stereocenters. The fraction of sp³-hybridized carbons (Fsp3) is 0.111. The molecule has 2 rings (SSSR count). The molecular formula is C9H5ClN2S. The number of hydrogen-bond acceptors (Lipinski definition) is 3. The summed E-state index contributed by atoms with van der Waals surface area (Å²) in [6.45, 7) is 0. The Morgan fingerprint density at radius 1 is 1.62 bits per heavy atom. The second-order valence-corrected chi connectivity index (χ2v) is 4.06. The molecule has 4 heteroatoms. The second-order valence-electron chi connectivity index (χ2n) is 2.57. The lowest BCUT2D eigenvalue weighted by Crippen LogP contribution is -1.70. The van der Waals surface area contributed by atoms with E-state index in [2.05, 4.69) is 11.1 Å². The van der Waals surface area contributed by atoms with Crippen molar-refractivity contribution in [3.63, 3.8) is 0 Å². The number of aromatic nitrogens is 1. The minimum absolute atomic E-state index is 0.440. The smallest absolute Gasteiger partial charge is 0.146 e. The van der Waals surface area contributed by atoms with E-state index in [0.717, 1.165) is 15.0 Å². The molecule has 0 aliphatic carbocycles. The van der Waals surface area contributed by atoms with E-state index < -0.39 is 0 Å². The molecule has 2 nitrogen and oxygen atoms in total. The van der Waals surface area contributed by atoms with Crippen LogP contribution in [0, 0.1) is 11.3 Å². The second kappa shape index (κ2) is 3.33. The lowest BCUT2D eigenvalue weighted by Gasteiger charge is -1.88. The molecule has 0 radical (unpaired) electrons. The first-order valence-corrected chi connectivity index (χ1v) is 4.90. The van der Waals surface area contributed by atoms with Crippen molar-refractivity contribution >= 4 is 33.0 Å². The zero-order valence-electron chi connectivity index (χ0n) is 6.62. The zero-order valence-corrected chi connectivity index (χ0v) is 8.19. The predicted octanol–water partition coefficient (Wildman–Crippen LogP) is 3.02. The van der Waals surface area contributed by atoms with Crippen LogP contribution in [0.1, 0.15) is 4.88 Å². The normalized spacial score (nSPS) is 10.2. The molecule has 0 saturated carbocycles. The van der Waals surface area contributed by atoms with Gasteiger partial charge in [-0.25, -0.2) is 4.98 Å². The van der Waals surface area contributed by atoms with Gasteiger partial charge in [0.05, 0.1) is 17.2 Å². The molecule has 0 bridgehead atoms. The third-order valence-electron chi connectivity index (χ3n) is 1.69. The molecule has 0 unspecified atom stereocenters. The molecule has 2 aromatic rings. The summed E-state index contributed by atoms with van der Waals surface area (Å²) in [6.07, 6.45) is 2.11. The number of halogens is 1. The topological polar surface area (TPSA) is 36.7 Å². The van der Waals surface area contributed by atoms with E-state index in [0.29, 0.717) is 11.6 Å². The van der Waals surface area contributed by atoms with Crippen LogP contribution in [0.4, 0.5) is 0 Å². The molecule has 0 N–H and O–H groups in total. The van der Waals surface area contributed by atoms with Crippen molar-refractivity contribution in [1.82, 2.24) is 4.98 Å². The fourth-order valence-electron chi connectivity index (χ4n) is 1.15. The van der Waals surface area contributed by atoms with Crippen molar-refractivity contribution in [3.05, 3.63) is 28.4 Å². The standard InChI is InChI=1S/C9H5ClN2S/c10-9-8-6(2-4-12-9)5-7(13-8)1-3-11/h2,4-5H,1H2. The van der Waals surface area contributed by atoms with E-state index in [9.17, 15) is 0 Å². The first-order valence-electron chi connectivity index (χ1n) is 3.71. The largest absolute Gasteiger partial charge is 0.243 e. The van der Waals surface area contributed by atoms with Crippen molar-refractivity contribution in [3.8, 4) is 6.07 Å². The van der Waals surface area contributed by atoms with Gasteiger partial charge < -0.3 is 0 Å². The van der Waals surface area contributed by atoms with Crippen molar-refractivity contribution in [2.45, 2.75) is 6.42 Å². The van der Waals surface area contributed by atoms with E-state index in [4.69, 9.17) is 16.9 Å². The molecule has 2 aromatic heterocycles. The first-order chi connectivity index (χ1) is 6.31. The lowest BCUT2D eigenvalue weighted by atomic mass is 10.3. The third-order valence-corrected chi connectivity index (χ3v) is 3.25. The van der Waals surface area contributed by atoms with Crippen LogP contribution in [0.2, 0.25) is 5.15 Å². The summed E-state index contributed by atoms with van der Waals surface area (Å²) in [5.41, 5.74) is 0. The van der Waals surface area contributed by atoms with Gasteiger partial charge >= 0.3 is 0 Å². The van der Waals surface area contributed by atoms with Gasteiger partial charge in [0.1, 0.15) is 5.15 Å². The summed E-state index contributed by atoms with van der Waals surface area (Å²) in [5.74, 6) is 0. The van der Waals surface area contributed by atoms with E-state index in [1.54, 1.807) is 6.20 Å². The molecule has 0 aliphatic heterocycles. The Kier molecular flexibility index (Phi) is 2.17. The molecule has 2 heterocycles. The van der Waals surface area contributed by atoms with Crippen molar-refractivity contribution in [1.29, 1.82) is 5.26 Å². The summed E-state index contributed by atoms with van der Waals surface area (Å²) in [5, 5.41) is 10.1. The quantitative estimate of drug-likeness (QED) is 0.676. The fourth-order valence-corrected chi connectivity index (χ4v) is 2.40. The molecule has 0 spiro atoms. The van der Waals surface area contributed by atoms with Gasteiger partial charge in [-0.15, -0.1) is 11.3 Å². The molecular weight excluding hydrogens is 204 g/mol. The Bertz CT molecular complexity index is 484. The summed E-state index contributed by atoms with van der Waals surface area (Å²) >= 11 is 7.42. The van der Waals surface area contributed by atoms with Gasteiger partial charge in [-0.05, 0) is 17.5 Å². The van der Waals surface area contributed by atoms with Gasteiger partial charge in [0, 0.05) is 11.1 Å². The average molecular weight is 209 g/mol. The Morgan fingerprint density at radius 2 is 2.46 bits per heavy atom. The number of nitrogens with zero attached hydrogens (tertiary/aromatic N) is 2. The van der Waals surface area contributed by atoms with Crippen molar-refractivity contribution < 1.29 is 0 Å². The molecule has 0 fully saturated rings. The highest BCUT2D eigenvalue weighted by Gasteiger charge is 2.04. The van der Waals surface area contributed by atoms with E-state index in [-0.39, 0.29) is 0 Å². The molecule has 0 amide bonds. The number of rotatable bonds is 1. The lowest BCUT2D eigenvalue weighted by molar-refractivity contribution is 1.32. The Labute approximate surface area is 84.4 Å². The minimum atomic E-state index is 0.440. The van der Waals surface area contributed by atoms with Crippen LogP contribution in [-0.4, -0.2) is 4.98 Å². The van der Waals surface area contributed by atoms with Crippen molar-refractivity contribution in [2.75, 3.05) is 0 Å². The van der Waals surface area contributed by atoms with E-state index in [1.807, 2.05) is 12.1 Å². The maximum atomic E-state index is 8.52. The van der Waals surface area contributed by atoms with E-state index >= 15 is 0 Å². The van der Waals surface area contributed by atoms with Gasteiger partial charge in [0.2, 0.25) is 0 Å². The average Bonchev–Trinajstić information content (AvgIpc) is 2.49. The van der Waals surface area contributed by atoms with Crippen LogP contribution in [0.25, 0.3) is 10.1 Å². The van der Waals surface area contributed by atoms with Gasteiger partial charge in [0.25, 0.3) is 0 Å². The number of hydrogen-bond donors (Lipinski definition) is 0. The monoisotopic (exact) mass is 208 g/mol. The molecule has 13 heavy (non-hydrogen) atoms. The molecule has 0 aromatic carbocycles. The van der Waals surface area contributed by atoms with Crippen LogP contribution in [0.5, 0.6) is 0 Å². The summed E-state index contributed by atoms with van der Waals surface area (Å²) < 4.78 is 0.967. The highest BCUT2D eigenvalue weighted by molar-refractivity contribution is 7.19. The molecule has 64 valence electrons. The minimum Gasteiger partial charge on any atom is -0.243 e. The SMILES string of the molecule is N#CCc1cc2ccnc(Cl)c2s1. The highest BCUT2D eigenvalue weighted by Crippen LogP contribution is 2.30. The summed E-state index contributed by atoms with van der Waals surface area (Å²) in [7, 11) is 0. The summed E-state index contributed by atoms with van der Waals surface area (Å²) in [6, 6.07) is 6.00. The Hall–Kier alpha value is -1.11. The third kappa shape index (κ3) is 1.51. The number of pyridine rings is 1. The summed E-state index contributed by atoms with van der Waals surface area (Å²) in [4.78, 5) is 5.01. The van der Waals surface area contributed by atoms with Crippen LogP contribution in [-0.2, 0) is 6.42 Å². The van der Waals surface area contributed by atoms with Crippen molar-refractivity contribution in [2.24, 2.45) is 0 Å². The Morgan fingerprint density at radius 3 is 3.15 bits per heavy atom. The predicted molar refractivity (Wildman–Crippen MR) is 53.9 cm³/mol.